The number of ether oxygens (including phenoxy) is 1. The zero-order chi connectivity index (χ0) is 11.0. The molecule has 0 fully saturated rings. The summed E-state index contributed by atoms with van der Waals surface area (Å²) in [5, 5.41) is 9.28. The zero-order valence-electron chi connectivity index (χ0n) is 8.69. The first-order valence-corrected chi connectivity index (χ1v) is 6.31. The van der Waals surface area contributed by atoms with E-state index < -0.39 is 16.1 Å². The van der Waals surface area contributed by atoms with Crippen molar-refractivity contribution in [2.24, 2.45) is 0 Å². The van der Waals surface area contributed by atoms with E-state index in [0.717, 1.165) is 6.42 Å². The van der Waals surface area contributed by atoms with Gasteiger partial charge in [0.25, 0.3) is 0 Å². The van der Waals surface area contributed by atoms with E-state index in [-0.39, 0.29) is 18.9 Å². The average Bonchev–Trinajstić information content (AvgIpc) is 2.13. The summed E-state index contributed by atoms with van der Waals surface area (Å²) in [6.07, 6.45) is 0.839. The van der Waals surface area contributed by atoms with Gasteiger partial charge in [0.2, 0.25) is 10.0 Å². The molecule has 1 unspecified atom stereocenters. The summed E-state index contributed by atoms with van der Waals surface area (Å²) in [5.41, 5.74) is 0. The second-order valence-corrected chi connectivity index (χ2v) is 5.03. The van der Waals surface area contributed by atoms with Gasteiger partial charge in [0.15, 0.2) is 0 Å². The highest BCUT2D eigenvalue weighted by Crippen LogP contribution is 1.95. The van der Waals surface area contributed by atoms with Crippen molar-refractivity contribution in [3.05, 3.63) is 0 Å². The van der Waals surface area contributed by atoms with Gasteiger partial charge >= 0.3 is 0 Å². The van der Waals surface area contributed by atoms with Gasteiger partial charge in [-0.3, -0.25) is 0 Å². The average molecular weight is 225 g/mol. The number of rotatable bonds is 8. The third-order valence-electron chi connectivity index (χ3n) is 1.72. The topological polar surface area (TPSA) is 75.6 Å². The minimum atomic E-state index is -3.29. The smallest absolute Gasteiger partial charge is 0.213 e. The number of hydrogen-bond acceptors (Lipinski definition) is 4. The molecule has 0 aromatic heterocycles. The summed E-state index contributed by atoms with van der Waals surface area (Å²) in [5.74, 6) is -0.0671. The minimum absolute atomic E-state index is 0.0671. The van der Waals surface area contributed by atoms with Crippen molar-refractivity contribution >= 4 is 10.0 Å². The van der Waals surface area contributed by atoms with E-state index in [2.05, 4.69) is 9.46 Å². The van der Waals surface area contributed by atoms with Gasteiger partial charge in [-0.1, -0.05) is 13.3 Å². The van der Waals surface area contributed by atoms with Crippen LogP contribution in [0.2, 0.25) is 0 Å². The maximum absolute atomic E-state index is 11.2. The highest BCUT2D eigenvalue weighted by atomic mass is 32.2. The highest BCUT2D eigenvalue weighted by molar-refractivity contribution is 7.89. The summed E-state index contributed by atoms with van der Waals surface area (Å²) < 4.78 is 29.4. The van der Waals surface area contributed by atoms with E-state index in [1.165, 1.54) is 7.11 Å². The van der Waals surface area contributed by atoms with E-state index in [4.69, 9.17) is 0 Å². The summed E-state index contributed by atoms with van der Waals surface area (Å²) in [7, 11) is -1.85. The van der Waals surface area contributed by atoms with Gasteiger partial charge in [-0.25, -0.2) is 13.1 Å². The molecule has 0 aromatic carbocycles. The van der Waals surface area contributed by atoms with Crippen LogP contribution in [0.1, 0.15) is 19.8 Å². The Morgan fingerprint density at radius 3 is 2.64 bits per heavy atom. The van der Waals surface area contributed by atoms with Crippen molar-refractivity contribution in [1.82, 2.24) is 4.72 Å². The number of sulfonamides is 1. The summed E-state index contributed by atoms with van der Waals surface area (Å²) >= 11 is 0. The van der Waals surface area contributed by atoms with Gasteiger partial charge < -0.3 is 9.84 Å². The van der Waals surface area contributed by atoms with Crippen molar-refractivity contribution in [3.63, 3.8) is 0 Å². The van der Waals surface area contributed by atoms with Gasteiger partial charge in [-0.15, -0.1) is 0 Å². The molecule has 0 radical (unpaired) electrons. The molecule has 0 aliphatic carbocycles. The molecule has 0 aliphatic heterocycles. The molecule has 14 heavy (non-hydrogen) atoms. The zero-order valence-corrected chi connectivity index (χ0v) is 9.51. The van der Waals surface area contributed by atoms with Crippen LogP contribution in [0, 0.1) is 0 Å². The molecule has 5 nitrogen and oxygen atoms in total. The molecule has 0 saturated heterocycles. The Kier molecular flexibility index (Phi) is 7.08. The van der Waals surface area contributed by atoms with Crippen LogP contribution in [0.3, 0.4) is 0 Å². The maximum Gasteiger partial charge on any atom is 0.213 e. The van der Waals surface area contributed by atoms with Crippen LogP contribution in [-0.4, -0.2) is 45.6 Å². The second-order valence-electron chi connectivity index (χ2n) is 3.10. The number of aliphatic hydroxyl groups excluding tert-OH is 1. The Morgan fingerprint density at radius 2 is 2.14 bits per heavy atom. The fraction of sp³-hybridized carbons (Fsp3) is 1.00. The second kappa shape index (κ2) is 7.17. The molecule has 0 aliphatic rings. The minimum Gasteiger partial charge on any atom is -0.392 e. The molecular weight excluding hydrogens is 206 g/mol. The Balaban J connectivity index is 3.75. The summed E-state index contributed by atoms with van der Waals surface area (Å²) in [6.45, 7) is 2.18. The van der Waals surface area contributed by atoms with Crippen LogP contribution >= 0.6 is 0 Å². The molecule has 0 bridgehead atoms. The monoisotopic (exact) mass is 225 g/mol. The Bertz CT molecular complexity index is 227. The molecule has 86 valence electrons. The lowest BCUT2D eigenvalue weighted by Crippen LogP contribution is -2.34. The number of hydrogen-bond donors (Lipinski definition) is 2. The molecular formula is C8H19NO4S. The molecule has 2 N–H and O–H groups in total. The summed E-state index contributed by atoms with van der Waals surface area (Å²) in [4.78, 5) is 0. The Morgan fingerprint density at radius 1 is 1.50 bits per heavy atom. The third-order valence-corrected chi connectivity index (χ3v) is 3.03. The molecule has 0 spiro atoms. The number of methoxy groups -OCH3 is 1. The molecule has 0 amide bonds. The lowest BCUT2D eigenvalue weighted by Gasteiger charge is -2.10. The van der Waals surface area contributed by atoms with Crippen LogP contribution in [0.15, 0.2) is 0 Å². The van der Waals surface area contributed by atoms with E-state index in [0.29, 0.717) is 6.42 Å². The van der Waals surface area contributed by atoms with Crippen LogP contribution < -0.4 is 4.72 Å². The van der Waals surface area contributed by atoms with Crippen molar-refractivity contribution in [3.8, 4) is 0 Å². The number of nitrogens with one attached hydrogen (secondary N) is 1. The van der Waals surface area contributed by atoms with Crippen molar-refractivity contribution in [2.45, 2.75) is 25.9 Å². The first-order chi connectivity index (χ1) is 6.52. The van der Waals surface area contributed by atoms with Crippen LogP contribution in [0.4, 0.5) is 0 Å². The molecule has 6 heteroatoms. The number of aliphatic hydroxyl groups is 1. The van der Waals surface area contributed by atoms with Crippen LogP contribution in [0.5, 0.6) is 0 Å². The van der Waals surface area contributed by atoms with Crippen molar-refractivity contribution in [1.29, 1.82) is 0 Å². The maximum atomic E-state index is 11.2. The molecule has 0 saturated carbocycles. The van der Waals surface area contributed by atoms with Crippen LogP contribution in [0.25, 0.3) is 0 Å². The Labute approximate surface area is 85.5 Å². The van der Waals surface area contributed by atoms with E-state index in [1.807, 2.05) is 6.92 Å². The van der Waals surface area contributed by atoms with Crippen LogP contribution in [-0.2, 0) is 14.8 Å². The van der Waals surface area contributed by atoms with Crippen molar-refractivity contribution in [2.75, 3.05) is 26.0 Å². The lowest BCUT2D eigenvalue weighted by molar-refractivity contribution is 0.167. The summed E-state index contributed by atoms with van der Waals surface area (Å²) in [6, 6.07) is 0. The van der Waals surface area contributed by atoms with E-state index in [9.17, 15) is 13.5 Å². The van der Waals surface area contributed by atoms with Gasteiger partial charge in [0, 0.05) is 13.7 Å². The first kappa shape index (κ1) is 13.8. The Hall–Kier alpha value is -0.170. The lowest BCUT2D eigenvalue weighted by atomic mass is 10.2. The van der Waals surface area contributed by atoms with E-state index in [1.54, 1.807) is 0 Å². The van der Waals surface area contributed by atoms with Crippen molar-refractivity contribution < 1.29 is 18.3 Å². The fourth-order valence-electron chi connectivity index (χ4n) is 0.924. The predicted octanol–water partition coefficient (Wildman–Crippen LogP) is -0.287. The SMILES string of the molecule is CCCC(O)CNS(=O)(=O)CCOC. The quantitative estimate of drug-likeness (QED) is 0.595. The molecule has 1 atom stereocenters. The van der Waals surface area contributed by atoms with E-state index >= 15 is 0 Å². The molecule has 0 heterocycles. The highest BCUT2D eigenvalue weighted by Gasteiger charge is 2.11. The largest absolute Gasteiger partial charge is 0.392 e. The van der Waals surface area contributed by atoms with Gasteiger partial charge in [0.1, 0.15) is 0 Å². The molecule has 0 aromatic rings. The third kappa shape index (κ3) is 7.25. The fourth-order valence-corrected chi connectivity index (χ4v) is 1.90. The standard InChI is InChI=1S/C8H19NO4S/c1-3-4-8(10)7-9-14(11,12)6-5-13-2/h8-10H,3-7H2,1-2H3. The van der Waals surface area contributed by atoms with Gasteiger partial charge in [-0.05, 0) is 6.42 Å². The normalized spacial score (nSPS) is 14.2. The van der Waals surface area contributed by atoms with Gasteiger partial charge in [-0.2, -0.15) is 0 Å². The first-order valence-electron chi connectivity index (χ1n) is 4.66. The molecule has 0 rings (SSSR count). The van der Waals surface area contributed by atoms with Gasteiger partial charge in [0.05, 0.1) is 18.5 Å². The predicted molar refractivity (Wildman–Crippen MR) is 54.6 cm³/mol.